The van der Waals surface area contributed by atoms with Crippen LogP contribution in [-0.2, 0) is 0 Å². The van der Waals surface area contributed by atoms with Gasteiger partial charge in [0.25, 0.3) is 5.91 Å². The summed E-state index contributed by atoms with van der Waals surface area (Å²) in [6.45, 7) is 0.849. The minimum atomic E-state index is 0.101. The number of benzene rings is 1. The first-order chi connectivity index (χ1) is 8.72. The summed E-state index contributed by atoms with van der Waals surface area (Å²) in [6, 6.07) is 7.52. The summed E-state index contributed by atoms with van der Waals surface area (Å²) in [5, 5.41) is 1.46. The second-order valence-corrected chi connectivity index (χ2v) is 5.75. The van der Waals surface area contributed by atoms with Crippen molar-refractivity contribution in [2.24, 2.45) is 0 Å². The van der Waals surface area contributed by atoms with E-state index in [1.165, 1.54) is 12.8 Å². The van der Waals surface area contributed by atoms with Gasteiger partial charge in [-0.3, -0.25) is 4.79 Å². The number of amides is 1. The van der Waals surface area contributed by atoms with Crippen molar-refractivity contribution >= 4 is 33.4 Å². The van der Waals surface area contributed by atoms with E-state index in [4.69, 9.17) is 11.6 Å². The Morgan fingerprint density at radius 2 is 2.22 bits per heavy atom. The van der Waals surface area contributed by atoms with Crippen LogP contribution in [0.2, 0.25) is 5.02 Å². The van der Waals surface area contributed by atoms with Crippen LogP contribution in [0.25, 0.3) is 0 Å². The molecule has 1 aromatic rings. The molecule has 1 unspecified atom stereocenters. The zero-order valence-electron chi connectivity index (χ0n) is 10.2. The summed E-state index contributed by atoms with van der Waals surface area (Å²) in [7, 11) is 0. The third-order valence-electron chi connectivity index (χ3n) is 3.39. The number of carbonyl (C=O) groups is 1. The Morgan fingerprint density at radius 1 is 1.39 bits per heavy atom. The number of rotatable bonds is 2. The summed E-state index contributed by atoms with van der Waals surface area (Å²) < 4.78 is 0. The van der Waals surface area contributed by atoms with Gasteiger partial charge in [-0.1, -0.05) is 46.4 Å². The predicted octanol–water partition coefficient (Wildman–Crippen LogP) is 4.12. The Labute approximate surface area is 121 Å². The highest BCUT2D eigenvalue weighted by Gasteiger charge is 2.25. The number of nitrogens with zero attached hydrogens (tertiary/aromatic N) is 1. The first-order valence-electron chi connectivity index (χ1n) is 6.35. The zero-order chi connectivity index (χ0) is 13.0. The average molecular weight is 331 g/mol. The van der Waals surface area contributed by atoms with Gasteiger partial charge in [-0.15, -0.1) is 0 Å². The second kappa shape index (κ2) is 6.58. The lowest BCUT2D eigenvalue weighted by molar-refractivity contribution is 0.0702. The van der Waals surface area contributed by atoms with Gasteiger partial charge in [-0.25, -0.2) is 0 Å². The molecule has 1 aliphatic rings. The smallest absolute Gasteiger partial charge is 0.254 e. The fraction of sp³-hybridized carbons (Fsp3) is 0.500. The van der Waals surface area contributed by atoms with Crippen LogP contribution in [0.15, 0.2) is 24.3 Å². The molecule has 0 radical (unpaired) electrons. The standard InChI is InChI=1S/C14H17BrClNO/c15-10-13-7-2-1-3-8-17(13)14(18)11-5-4-6-12(16)9-11/h4-6,9,13H,1-3,7-8,10H2. The lowest BCUT2D eigenvalue weighted by Crippen LogP contribution is -2.41. The molecule has 18 heavy (non-hydrogen) atoms. The van der Waals surface area contributed by atoms with Crippen molar-refractivity contribution in [2.75, 3.05) is 11.9 Å². The molecule has 1 saturated heterocycles. The maximum atomic E-state index is 12.5. The Balaban J connectivity index is 2.19. The van der Waals surface area contributed by atoms with Crippen LogP contribution in [0.1, 0.15) is 36.0 Å². The fourth-order valence-electron chi connectivity index (χ4n) is 2.39. The van der Waals surface area contributed by atoms with Crippen LogP contribution >= 0.6 is 27.5 Å². The second-order valence-electron chi connectivity index (χ2n) is 4.67. The lowest BCUT2D eigenvalue weighted by atomic mass is 10.1. The van der Waals surface area contributed by atoms with Crippen molar-refractivity contribution in [3.63, 3.8) is 0 Å². The molecule has 2 rings (SSSR count). The molecule has 1 aromatic carbocycles. The SMILES string of the molecule is O=C(c1cccc(Cl)c1)N1CCCCCC1CBr. The molecular weight excluding hydrogens is 314 g/mol. The Kier molecular flexibility index (Phi) is 5.07. The topological polar surface area (TPSA) is 20.3 Å². The van der Waals surface area contributed by atoms with Crippen molar-refractivity contribution in [3.05, 3.63) is 34.9 Å². The van der Waals surface area contributed by atoms with E-state index in [0.29, 0.717) is 16.6 Å². The fourth-order valence-corrected chi connectivity index (χ4v) is 3.26. The van der Waals surface area contributed by atoms with E-state index in [-0.39, 0.29) is 5.91 Å². The molecule has 0 bridgehead atoms. The molecule has 4 heteroatoms. The number of likely N-dealkylation sites (tertiary alicyclic amines) is 1. The van der Waals surface area contributed by atoms with E-state index < -0.39 is 0 Å². The minimum Gasteiger partial charge on any atom is -0.335 e. The average Bonchev–Trinajstić information content (AvgIpc) is 2.62. The molecule has 98 valence electrons. The molecule has 1 atom stereocenters. The van der Waals surface area contributed by atoms with Crippen LogP contribution in [0, 0.1) is 0 Å². The molecule has 0 N–H and O–H groups in total. The van der Waals surface area contributed by atoms with Gasteiger partial charge in [0.15, 0.2) is 0 Å². The summed E-state index contributed by atoms with van der Waals surface area (Å²) in [5.74, 6) is 0.101. The summed E-state index contributed by atoms with van der Waals surface area (Å²) in [4.78, 5) is 14.5. The van der Waals surface area contributed by atoms with E-state index in [0.717, 1.165) is 24.7 Å². The molecule has 0 aliphatic carbocycles. The lowest BCUT2D eigenvalue weighted by Gasteiger charge is -2.28. The van der Waals surface area contributed by atoms with Crippen molar-refractivity contribution < 1.29 is 4.79 Å². The Morgan fingerprint density at radius 3 is 2.94 bits per heavy atom. The van der Waals surface area contributed by atoms with Crippen LogP contribution in [-0.4, -0.2) is 28.7 Å². The van der Waals surface area contributed by atoms with Crippen LogP contribution in [0.5, 0.6) is 0 Å². The Hall–Kier alpha value is -0.540. The van der Waals surface area contributed by atoms with Crippen LogP contribution in [0.3, 0.4) is 0 Å². The third kappa shape index (κ3) is 3.27. The van der Waals surface area contributed by atoms with E-state index in [1.807, 2.05) is 17.0 Å². The monoisotopic (exact) mass is 329 g/mol. The van der Waals surface area contributed by atoms with Gasteiger partial charge >= 0.3 is 0 Å². The summed E-state index contributed by atoms with van der Waals surface area (Å²) in [6.07, 6.45) is 4.59. The van der Waals surface area contributed by atoms with Crippen molar-refractivity contribution in [2.45, 2.75) is 31.7 Å². The molecule has 0 aromatic heterocycles. The van der Waals surface area contributed by atoms with Gasteiger partial charge in [0.1, 0.15) is 0 Å². The number of carbonyl (C=O) groups excluding carboxylic acids is 1. The highest BCUT2D eigenvalue weighted by Crippen LogP contribution is 2.21. The zero-order valence-corrected chi connectivity index (χ0v) is 12.6. The maximum absolute atomic E-state index is 12.5. The predicted molar refractivity (Wildman–Crippen MR) is 78.5 cm³/mol. The normalized spacial score (nSPS) is 20.6. The van der Waals surface area contributed by atoms with Crippen LogP contribution < -0.4 is 0 Å². The molecule has 1 amide bonds. The first-order valence-corrected chi connectivity index (χ1v) is 7.85. The number of hydrogen-bond donors (Lipinski definition) is 0. The van der Waals surface area contributed by atoms with E-state index in [9.17, 15) is 4.79 Å². The van der Waals surface area contributed by atoms with Gasteiger partial charge in [0.2, 0.25) is 0 Å². The molecule has 2 nitrogen and oxygen atoms in total. The van der Waals surface area contributed by atoms with Gasteiger partial charge in [0.05, 0.1) is 0 Å². The molecule has 1 fully saturated rings. The number of alkyl halides is 1. The van der Waals surface area contributed by atoms with Gasteiger partial charge in [0, 0.05) is 28.5 Å². The van der Waals surface area contributed by atoms with Crippen molar-refractivity contribution in [1.82, 2.24) is 4.90 Å². The first kappa shape index (κ1) is 13.9. The third-order valence-corrected chi connectivity index (χ3v) is 4.37. The van der Waals surface area contributed by atoms with E-state index >= 15 is 0 Å². The van der Waals surface area contributed by atoms with Crippen LogP contribution in [0.4, 0.5) is 0 Å². The highest BCUT2D eigenvalue weighted by molar-refractivity contribution is 9.09. The molecule has 1 heterocycles. The molecule has 1 aliphatic heterocycles. The van der Waals surface area contributed by atoms with Gasteiger partial charge in [-0.2, -0.15) is 0 Å². The largest absolute Gasteiger partial charge is 0.335 e. The maximum Gasteiger partial charge on any atom is 0.254 e. The summed E-state index contributed by atoms with van der Waals surface area (Å²) in [5.41, 5.74) is 0.690. The number of halogens is 2. The molecule has 0 saturated carbocycles. The van der Waals surface area contributed by atoms with E-state index in [2.05, 4.69) is 15.9 Å². The van der Waals surface area contributed by atoms with Crippen molar-refractivity contribution in [1.29, 1.82) is 0 Å². The van der Waals surface area contributed by atoms with Gasteiger partial charge < -0.3 is 4.90 Å². The Bertz CT molecular complexity index is 424. The minimum absolute atomic E-state index is 0.101. The molecular formula is C14H17BrClNO. The highest BCUT2D eigenvalue weighted by atomic mass is 79.9. The molecule has 0 spiro atoms. The summed E-state index contributed by atoms with van der Waals surface area (Å²) >= 11 is 9.47. The van der Waals surface area contributed by atoms with E-state index in [1.54, 1.807) is 12.1 Å². The quantitative estimate of drug-likeness (QED) is 0.747. The van der Waals surface area contributed by atoms with Crippen molar-refractivity contribution in [3.8, 4) is 0 Å². The van der Waals surface area contributed by atoms with Gasteiger partial charge in [-0.05, 0) is 31.0 Å². The number of hydrogen-bond acceptors (Lipinski definition) is 1.